The molecular formula is C17H14F3N3O2. The molecule has 5 nitrogen and oxygen atoms in total. The summed E-state index contributed by atoms with van der Waals surface area (Å²) in [6.45, 7) is 1.93. The lowest BCUT2D eigenvalue weighted by atomic mass is 10.1. The number of pyridine rings is 1. The first-order valence-electron chi connectivity index (χ1n) is 7.58. The number of benzene rings is 1. The van der Waals surface area contributed by atoms with Crippen LogP contribution in [-0.4, -0.2) is 23.3 Å². The normalized spacial score (nSPS) is 15.2. The van der Waals surface area contributed by atoms with Crippen molar-refractivity contribution in [1.29, 1.82) is 0 Å². The number of carbonyl (C=O) groups excluding carboxylic acids is 2. The van der Waals surface area contributed by atoms with E-state index in [0.717, 1.165) is 17.0 Å². The highest BCUT2D eigenvalue weighted by atomic mass is 19.4. The van der Waals surface area contributed by atoms with Crippen LogP contribution in [0.4, 0.5) is 30.4 Å². The van der Waals surface area contributed by atoms with Crippen LogP contribution >= 0.6 is 0 Å². The van der Waals surface area contributed by atoms with Gasteiger partial charge in [-0.1, -0.05) is 6.07 Å². The van der Waals surface area contributed by atoms with Gasteiger partial charge >= 0.3 is 6.18 Å². The Morgan fingerprint density at radius 2 is 1.84 bits per heavy atom. The molecule has 0 N–H and O–H groups in total. The van der Waals surface area contributed by atoms with Crippen LogP contribution < -0.4 is 9.80 Å². The molecule has 0 radical (unpaired) electrons. The third-order valence-electron chi connectivity index (χ3n) is 3.88. The number of hydrogen-bond donors (Lipinski definition) is 0. The number of aromatic nitrogens is 1. The van der Waals surface area contributed by atoms with Crippen molar-refractivity contribution in [2.75, 3.05) is 16.3 Å². The Hall–Kier alpha value is -2.90. The highest BCUT2D eigenvalue weighted by Crippen LogP contribution is 2.41. The third kappa shape index (κ3) is 3.07. The summed E-state index contributed by atoms with van der Waals surface area (Å²) in [7, 11) is 0. The largest absolute Gasteiger partial charge is 0.416 e. The molecule has 0 spiro atoms. The van der Waals surface area contributed by atoms with Gasteiger partial charge in [0.2, 0.25) is 11.8 Å². The van der Waals surface area contributed by atoms with Crippen molar-refractivity contribution in [3.63, 3.8) is 0 Å². The highest BCUT2D eigenvalue weighted by Gasteiger charge is 2.36. The van der Waals surface area contributed by atoms with Crippen LogP contribution in [0.25, 0.3) is 0 Å². The molecule has 130 valence electrons. The number of nitrogens with zero attached hydrogens (tertiary/aromatic N) is 3. The van der Waals surface area contributed by atoms with Crippen LogP contribution in [0.3, 0.4) is 0 Å². The predicted molar refractivity (Wildman–Crippen MR) is 85.5 cm³/mol. The van der Waals surface area contributed by atoms with E-state index in [1.54, 1.807) is 19.1 Å². The first kappa shape index (κ1) is 16.9. The molecule has 2 heterocycles. The fraction of sp³-hybridized carbons (Fsp3) is 0.235. The van der Waals surface area contributed by atoms with Gasteiger partial charge in [-0.3, -0.25) is 14.5 Å². The molecule has 1 aromatic carbocycles. The van der Waals surface area contributed by atoms with E-state index in [2.05, 4.69) is 4.98 Å². The molecular weight excluding hydrogens is 335 g/mol. The van der Waals surface area contributed by atoms with Crippen LogP contribution in [0.1, 0.15) is 18.9 Å². The molecule has 8 heteroatoms. The molecule has 0 aliphatic carbocycles. The van der Waals surface area contributed by atoms with Crippen molar-refractivity contribution in [3.8, 4) is 0 Å². The Kier molecular flexibility index (Phi) is 4.20. The van der Waals surface area contributed by atoms with E-state index < -0.39 is 30.0 Å². The van der Waals surface area contributed by atoms with Gasteiger partial charge in [0.25, 0.3) is 0 Å². The summed E-state index contributed by atoms with van der Waals surface area (Å²) in [4.78, 5) is 31.3. The average molecular weight is 349 g/mol. The standard InChI is InChI=1S/C17H14F3N3O2/c1-2-22-12-7-6-11(17(18,19)20)9-13(12)23(16(25)10-15(22)24)14-5-3-4-8-21-14/h3-9H,2,10H2,1H3. The zero-order chi connectivity index (χ0) is 18.2. The summed E-state index contributed by atoms with van der Waals surface area (Å²) in [5, 5.41) is 0. The Labute approximate surface area is 141 Å². The fourth-order valence-corrected chi connectivity index (χ4v) is 2.76. The van der Waals surface area contributed by atoms with E-state index in [1.165, 1.54) is 23.2 Å². The second-order valence-electron chi connectivity index (χ2n) is 5.43. The van der Waals surface area contributed by atoms with Gasteiger partial charge in [-0.2, -0.15) is 13.2 Å². The smallest absolute Gasteiger partial charge is 0.310 e. The van der Waals surface area contributed by atoms with Crippen LogP contribution in [0.15, 0.2) is 42.6 Å². The van der Waals surface area contributed by atoms with Crippen molar-refractivity contribution >= 4 is 29.0 Å². The molecule has 0 fully saturated rings. The Balaban J connectivity index is 2.26. The Bertz CT molecular complexity index is 822. The lowest BCUT2D eigenvalue weighted by molar-refractivity contribution is -0.137. The van der Waals surface area contributed by atoms with Gasteiger partial charge < -0.3 is 4.90 Å². The summed E-state index contributed by atoms with van der Waals surface area (Å²) in [5.74, 6) is -0.925. The van der Waals surface area contributed by atoms with Crippen molar-refractivity contribution in [2.45, 2.75) is 19.5 Å². The lowest BCUT2D eigenvalue weighted by Gasteiger charge is -2.25. The number of halogens is 3. The average Bonchev–Trinajstić information content (AvgIpc) is 2.66. The number of amides is 2. The maximum absolute atomic E-state index is 13.1. The molecule has 0 unspecified atom stereocenters. The fourth-order valence-electron chi connectivity index (χ4n) is 2.76. The molecule has 2 aromatic rings. The van der Waals surface area contributed by atoms with E-state index in [-0.39, 0.29) is 23.7 Å². The SMILES string of the molecule is CCN1C(=O)CC(=O)N(c2ccccn2)c2cc(C(F)(F)F)ccc21. The quantitative estimate of drug-likeness (QED) is 0.780. The zero-order valence-corrected chi connectivity index (χ0v) is 13.2. The zero-order valence-electron chi connectivity index (χ0n) is 13.2. The highest BCUT2D eigenvalue weighted by molar-refractivity contribution is 6.17. The van der Waals surface area contributed by atoms with Gasteiger partial charge in [-0.05, 0) is 37.3 Å². The lowest BCUT2D eigenvalue weighted by Crippen LogP contribution is -2.31. The molecule has 1 aliphatic heterocycles. The predicted octanol–water partition coefficient (Wildman–Crippen LogP) is 3.52. The second-order valence-corrected chi connectivity index (χ2v) is 5.43. The number of anilines is 3. The maximum Gasteiger partial charge on any atom is 0.416 e. The van der Waals surface area contributed by atoms with Crippen molar-refractivity contribution in [3.05, 3.63) is 48.2 Å². The Morgan fingerprint density at radius 3 is 2.44 bits per heavy atom. The molecule has 0 bridgehead atoms. The molecule has 2 amide bonds. The number of hydrogen-bond acceptors (Lipinski definition) is 3. The Morgan fingerprint density at radius 1 is 1.08 bits per heavy atom. The monoisotopic (exact) mass is 349 g/mol. The molecule has 25 heavy (non-hydrogen) atoms. The van der Waals surface area contributed by atoms with E-state index in [4.69, 9.17) is 0 Å². The topological polar surface area (TPSA) is 53.5 Å². The van der Waals surface area contributed by atoms with Gasteiger partial charge in [0.1, 0.15) is 12.2 Å². The van der Waals surface area contributed by atoms with E-state index in [0.29, 0.717) is 0 Å². The van der Waals surface area contributed by atoms with E-state index in [1.807, 2.05) is 0 Å². The number of rotatable bonds is 2. The first-order valence-corrected chi connectivity index (χ1v) is 7.58. The number of carbonyl (C=O) groups is 2. The molecule has 0 atom stereocenters. The van der Waals surface area contributed by atoms with Crippen molar-refractivity contribution < 1.29 is 22.8 Å². The van der Waals surface area contributed by atoms with Crippen molar-refractivity contribution in [1.82, 2.24) is 4.98 Å². The van der Waals surface area contributed by atoms with Crippen LogP contribution in [0, 0.1) is 0 Å². The summed E-state index contributed by atoms with van der Waals surface area (Å²) in [6, 6.07) is 7.75. The van der Waals surface area contributed by atoms with Crippen LogP contribution in [-0.2, 0) is 15.8 Å². The summed E-state index contributed by atoms with van der Waals surface area (Å²) in [6.07, 6.45) is -3.58. The molecule has 0 saturated heterocycles. The number of fused-ring (bicyclic) bond motifs is 1. The van der Waals surface area contributed by atoms with Gasteiger partial charge in [-0.25, -0.2) is 4.98 Å². The first-order chi connectivity index (χ1) is 11.8. The molecule has 0 saturated carbocycles. The maximum atomic E-state index is 13.1. The molecule has 1 aromatic heterocycles. The second kappa shape index (κ2) is 6.19. The van der Waals surface area contributed by atoms with Crippen LogP contribution in [0.2, 0.25) is 0 Å². The van der Waals surface area contributed by atoms with Gasteiger partial charge in [0.15, 0.2) is 0 Å². The van der Waals surface area contributed by atoms with Crippen molar-refractivity contribution in [2.24, 2.45) is 0 Å². The summed E-state index contributed by atoms with van der Waals surface area (Å²) < 4.78 is 39.4. The minimum Gasteiger partial charge on any atom is -0.310 e. The van der Waals surface area contributed by atoms with Gasteiger partial charge in [0, 0.05) is 12.7 Å². The summed E-state index contributed by atoms with van der Waals surface area (Å²) in [5.41, 5.74) is -0.659. The minimum atomic E-state index is -4.57. The third-order valence-corrected chi connectivity index (χ3v) is 3.88. The van der Waals surface area contributed by atoms with E-state index >= 15 is 0 Å². The molecule has 3 rings (SSSR count). The van der Waals surface area contributed by atoms with Gasteiger partial charge in [0.05, 0.1) is 16.9 Å². The number of alkyl halides is 3. The van der Waals surface area contributed by atoms with E-state index in [9.17, 15) is 22.8 Å². The minimum absolute atomic E-state index is 0.00812. The van der Waals surface area contributed by atoms with Gasteiger partial charge in [-0.15, -0.1) is 0 Å². The molecule has 1 aliphatic rings. The summed E-state index contributed by atoms with van der Waals surface area (Å²) >= 11 is 0. The van der Waals surface area contributed by atoms with Crippen LogP contribution in [0.5, 0.6) is 0 Å².